The zero-order valence-corrected chi connectivity index (χ0v) is 5.83. The summed E-state index contributed by atoms with van der Waals surface area (Å²) in [6, 6.07) is 3.87. The predicted molar refractivity (Wildman–Crippen MR) is 37.9 cm³/mol. The third-order valence-electron chi connectivity index (χ3n) is 1.24. The van der Waals surface area contributed by atoms with Gasteiger partial charge in [0.25, 0.3) is 0 Å². The third-order valence-corrected chi connectivity index (χ3v) is 1.24. The van der Waals surface area contributed by atoms with Gasteiger partial charge >= 0.3 is 0 Å². The number of hydrogen-bond donors (Lipinski definition) is 1. The van der Waals surface area contributed by atoms with Crippen molar-refractivity contribution in [2.24, 2.45) is 0 Å². The average Bonchev–Trinajstić information content (AvgIpc) is 2.40. The summed E-state index contributed by atoms with van der Waals surface area (Å²) in [6.45, 7) is 0.656. The highest BCUT2D eigenvalue weighted by Crippen LogP contribution is 1.96. The first-order valence-electron chi connectivity index (χ1n) is 3.06. The van der Waals surface area contributed by atoms with Crippen molar-refractivity contribution in [1.82, 2.24) is 9.88 Å². The molecule has 0 saturated heterocycles. The van der Waals surface area contributed by atoms with E-state index in [1.165, 1.54) is 0 Å². The maximum absolute atomic E-state index is 8.40. The average molecular weight is 135 g/mol. The topological polar surface area (TPSA) is 42.8 Å². The predicted octanol–water partition coefficient (Wildman–Crippen LogP) is 0.928. The van der Waals surface area contributed by atoms with E-state index in [2.05, 4.69) is 4.98 Å². The summed E-state index contributed by atoms with van der Waals surface area (Å²) in [6.07, 6.45) is 3.86. The van der Waals surface area contributed by atoms with Crippen molar-refractivity contribution < 1.29 is 0 Å². The lowest BCUT2D eigenvalue weighted by Gasteiger charge is -2.04. The van der Waals surface area contributed by atoms with Crippen LogP contribution in [-0.2, 0) is 6.54 Å². The Bertz CT molecular complexity index is 219. The van der Waals surface area contributed by atoms with Crippen LogP contribution < -0.4 is 0 Å². The molecule has 1 aromatic rings. The third kappa shape index (κ3) is 1.52. The van der Waals surface area contributed by atoms with E-state index in [1.54, 1.807) is 11.9 Å². The van der Waals surface area contributed by atoms with Crippen molar-refractivity contribution in [1.29, 1.82) is 5.26 Å². The molecule has 1 rings (SSSR count). The van der Waals surface area contributed by atoms with Gasteiger partial charge in [0.15, 0.2) is 6.19 Å². The molecule has 0 fully saturated rings. The molecular formula is C7H9N3. The molecule has 0 spiro atoms. The van der Waals surface area contributed by atoms with E-state index in [4.69, 9.17) is 5.26 Å². The normalized spacial score (nSPS) is 8.80. The molecule has 0 atom stereocenters. The van der Waals surface area contributed by atoms with Gasteiger partial charge in [0.2, 0.25) is 0 Å². The molecule has 1 heterocycles. The van der Waals surface area contributed by atoms with Gasteiger partial charge in [-0.2, -0.15) is 5.26 Å². The summed E-state index contributed by atoms with van der Waals surface area (Å²) in [4.78, 5) is 4.57. The van der Waals surface area contributed by atoms with Crippen LogP contribution in [0.2, 0.25) is 0 Å². The fraction of sp³-hybridized carbons (Fsp3) is 0.286. The Morgan fingerprint density at radius 1 is 1.80 bits per heavy atom. The minimum absolute atomic E-state index is 0.656. The summed E-state index contributed by atoms with van der Waals surface area (Å²) in [5.41, 5.74) is 1.06. The molecule has 0 amide bonds. The van der Waals surface area contributed by atoms with E-state index < -0.39 is 0 Å². The first kappa shape index (κ1) is 6.69. The van der Waals surface area contributed by atoms with Crippen molar-refractivity contribution in [3.63, 3.8) is 0 Å². The summed E-state index contributed by atoms with van der Waals surface area (Å²) in [5, 5.41) is 8.40. The standard InChI is InChI=1S/C7H9N3/c1-10(6-8)5-7-3-2-4-9-7/h2-4,9H,5H2,1H3. The lowest BCUT2D eigenvalue weighted by Crippen LogP contribution is -2.09. The molecule has 1 N–H and O–H groups in total. The van der Waals surface area contributed by atoms with Gasteiger partial charge in [0, 0.05) is 18.9 Å². The zero-order chi connectivity index (χ0) is 7.40. The molecule has 0 bridgehead atoms. The first-order valence-corrected chi connectivity index (χ1v) is 3.06. The Labute approximate surface area is 59.9 Å². The minimum atomic E-state index is 0.656. The molecule has 0 radical (unpaired) electrons. The van der Waals surface area contributed by atoms with Crippen LogP contribution in [0.25, 0.3) is 0 Å². The highest BCUT2D eigenvalue weighted by Gasteiger charge is 1.94. The quantitative estimate of drug-likeness (QED) is 0.484. The Hall–Kier alpha value is -1.43. The molecule has 0 aromatic carbocycles. The van der Waals surface area contributed by atoms with Gasteiger partial charge < -0.3 is 9.88 Å². The summed E-state index contributed by atoms with van der Waals surface area (Å²) < 4.78 is 0. The van der Waals surface area contributed by atoms with E-state index in [-0.39, 0.29) is 0 Å². The van der Waals surface area contributed by atoms with Crippen molar-refractivity contribution in [2.45, 2.75) is 6.54 Å². The highest BCUT2D eigenvalue weighted by molar-refractivity contribution is 5.03. The summed E-state index contributed by atoms with van der Waals surface area (Å²) in [7, 11) is 1.75. The van der Waals surface area contributed by atoms with Crippen LogP contribution in [0.5, 0.6) is 0 Å². The maximum atomic E-state index is 8.40. The Balaban J connectivity index is 2.50. The van der Waals surface area contributed by atoms with E-state index in [9.17, 15) is 0 Å². The summed E-state index contributed by atoms with van der Waals surface area (Å²) in [5.74, 6) is 0. The van der Waals surface area contributed by atoms with Crippen molar-refractivity contribution >= 4 is 0 Å². The number of nitrogens with one attached hydrogen (secondary N) is 1. The first-order chi connectivity index (χ1) is 4.83. The molecule has 1 aromatic heterocycles. The van der Waals surface area contributed by atoms with E-state index in [0.29, 0.717) is 6.54 Å². The number of nitrogens with zero attached hydrogens (tertiary/aromatic N) is 2. The number of rotatable bonds is 2. The summed E-state index contributed by atoms with van der Waals surface area (Å²) >= 11 is 0. The number of nitriles is 1. The van der Waals surface area contributed by atoms with Gasteiger partial charge in [-0.15, -0.1) is 0 Å². The van der Waals surface area contributed by atoms with Crippen LogP contribution in [0.4, 0.5) is 0 Å². The monoisotopic (exact) mass is 135 g/mol. The SMILES string of the molecule is CN(C#N)Cc1ccc[nH]1. The fourth-order valence-electron chi connectivity index (χ4n) is 0.757. The molecular weight excluding hydrogens is 126 g/mol. The van der Waals surface area contributed by atoms with Gasteiger partial charge in [0.1, 0.15) is 0 Å². The molecule has 0 aliphatic rings. The smallest absolute Gasteiger partial charge is 0.179 e. The van der Waals surface area contributed by atoms with Crippen LogP contribution in [0.15, 0.2) is 18.3 Å². The zero-order valence-electron chi connectivity index (χ0n) is 5.83. The Morgan fingerprint density at radius 2 is 2.60 bits per heavy atom. The molecule has 0 saturated carbocycles. The van der Waals surface area contributed by atoms with Crippen LogP contribution in [0, 0.1) is 11.5 Å². The number of hydrogen-bond acceptors (Lipinski definition) is 2. The second-order valence-corrected chi connectivity index (χ2v) is 2.15. The van der Waals surface area contributed by atoms with Crippen molar-refractivity contribution in [3.05, 3.63) is 24.0 Å². The van der Waals surface area contributed by atoms with E-state index >= 15 is 0 Å². The van der Waals surface area contributed by atoms with Crippen LogP contribution >= 0.6 is 0 Å². The van der Waals surface area contributed by atoms with E-state index in [1.807, 2.05) is 24.5 Å². The van der Waals surface area contributed by atoms with Crippen LogP contribution in [0.3, 0.4) is 0 Å². The van der Waals surface area contributed by atoms with Gasteiger partial charge in [-0.3, -0.25) is 0 Å². The van der Waals surface area contributed by atoms with Gasteiger partial charge in [-0.25, -0.2) is 0 Å². The molecule has 52 valence electrons. The molecule has 0 aliphatic heterocycles. The van der Waals surface area contributed by atoms with Crippen LogP contribution in [0.1, 0.15) is 5.69 Å². The molecule has 3 heteroatoms. The molecule has 0 unspecified atom stereocenters. The molecule has 3 nitrogen and oxygen atoms in total. The van der Waals surface area contributed by atoms with Crippen molar-refractivity contribution in [3.8, 4) is 6.19 Å². The largest absolute Gasteiger partial charge is 0.364 e. The Kier molecular flexibility index (Phi) is 1.96. The number of aromatic amines is 1. The second-order valence-electron chi connectivity index (χ2n) is 2.15. The second kappa shape index (κ2) is 2.92. The van der Waals surface area contributed by atoms with Crippen molar-refractivity contribution in [2.75, 3.05) is 7.05 Å². The number of aromatic nitrogens is 1. The molecule has 0 aliphatic carbocycles. The molecule has 10 heavy (non-hydrogen) atoms. The van der Waals surface area contributed by atoms with Gasteiger partial charge in [-0.05, 0) is 12.1 Å². The lowest BCUT2D eigenvalue weighted by atomic mass is 10.4. The van der Waals surface area contributed by atoms with Gasteiger partial charge in [-0.1, -0.05) is 0 Å². The van der Waals surface area contributed by atoms with E-state index in [0.717, 1.165) is 5.69 Å². The number of H-pyrrole nitrogens is 1. The lowest BCUT2D eigenvalue weighted by molar-refractivity contribution is 0.463. The fourth-order valence-corrected chi connectivity index (χ4v) is 0.757. The Morgan fingerprint density at radius 3 is 3.10 bits per heavy atom. The maximum Gasteiger partial charge on any atom is 0.179 e. The van der Waals surface area contributed by atoms with Crippen LogP contribution in [-0.4, -0.2) is 16.9 Å². The highest BCUT2D eigenvalue weighted by atomic mass is 15.1. The minimum Gasteiger partial charge on any atom is -0.364 e. The van der Waals surface area contributed by atoms with Gasteiger partial charge in [0.05, 0.1) is 6.54 Å².